The number of rotatable bonds is 9. The zero-order chi connectivity index (χ0) is 24.7. The molecule has 0 aromatic heterocycles. The monoisotopic (exact) mass is 484 g/mol. The van der Waals surface area contributed by atoms with Crippen molar-refractivity contribution in [3.8, 4) is 11.5 Å². The Morgan fingerprint density at radius 1 is 0.941 bits per heavy atom. The Kier molecular flexibility index (Phi) is 8.05. The lowest BCUT2D eigenvalue weighted by Crippen LogP contribution is -2.33. The molecule has 0 saturated heterocycles. The molecule has 0 aliphatic heterocycles. The quantitative estimate of drug-likeness (QED) is 0.273. The molecule has 3 rings (SSSR count). The number of nitro benzene ring substituents is 1. The average molecular weight is 485 g/mol. The van der Waals surface area contributed by atoms with Crippen molar-refractivity contribution in [2.75, 3.05) is 20.8 Å². The van der Waals surface area contributed by atoms with Gasteiger partial charge in [0.05, 0.1) is 25.2 Å². The number of methoxy groups -OCH3 is 2. The molecule has 9 nitrogen and oxygen atoms in total. The third-order valence-corrected chi connectivity index (χ3v) is 5.15. The highest BCUT2D eigenvalue weighted by Crippen LogP contribution is 2.26. The number of carbonyl (C=O) groups is 2. The smallest absolute Gasteiger partial charge is 0.345 e. The van der Waals surface area contributed by atoms with E-state index >= 15 is 0 Å². The van der Waals surface area contributed by atoms with E-state index in [1.807, 2.05) is 0 Å². The van der Waals surface area contributed by atoms with Crippen molar-refractivity contribution in [2.45, 2.75) is 6.04 Å². The van der Waals surface area contributed by atoms with Crippen LogP contribution in [0.1, 0.15) is 27.5 Å². The summed E-state index contributed by atoms with van der Waals surface area (Å²) in [7, 11) is 3.10. The molecule has 3 aromatic rings. The number of halogens is 1. The van der Waals surface area contributed by atoms with E-state index < -0.39 is 35.1 Å². The number of nitro groups is 1. The van der Waals surface area contributed by atoms with Crippen molar-refractivity contribution < 1.29 is 28.7 Å². The summed E-state index contributed by atoms with van der Waals surface area (Å²) in [4.78, 5) is 35.5. The van der Waals surface area contributed by atoms with Crippen molar-refractivity contribution in [3.05, 3.63) is 98.6 Å². The van der Waals surface area contributed by atoms with E-state index in [0.29, 0.717) is 11.5 Å². The Hall–Kier alpha value is -4.11. The van der Waals surface area contributed by atoms with Crippen molar-refractivity contribution in [2.24, 2.45) is 0 Å². The fourth-order valence-electron chi connectivity index (χ4n) is 3.19. The van der Waals surface area contributed by atoms with E-state index in [0.717, 1.165) is 23.3 Å². The van der Waals surface area contributed by atoms with Crippen LogP contribution >= 0.6 is 11.6 Å². The molecule has 0 unspecified atom stereocenters. The molecule has 0 bridgehead atoms. The summed E-state index contributed by atoms with van der Waals surface area (Å²) in [5.41, 5.74) is 0.712. The molecule has 0 aliphatic carbocycles. The molecule has 34 heavy (non-hydrogen) atoms. The van der Waals surface area contributed by atoms with Crippen LogP contribution in [0.5, 0.6) is 11.5 Å². The van der Waals surface area contributed by atoms with Crippen molar-refractivity contribution in [1.82, 2.24) is 5.32 Å². The minimum absolute atomic E-state index is 0.126. The summed E-state index contributed by atoms with van der Waals surface area (Å²) in [5.74, 6) is -0.328. The number of amides is 1. The first-order valence-corrected chi connectivity index (χ1v) is 10.4. The van der Waals surface area contributed by atoms with Crippen LogP contribution in [0.2, 0.25) is 5.02 Å². The third kappa shape index (κ3) is 6.02. The standard InChI is InChI=1S/C24H21ClN2O7/c1-32-18-8-3-15(4-9-18)23(16-5-10-19(33-2)11-6-16)26-22(28)14-34-24(29)20-13-17(25)7-12-21(20)27(30)31/h3-13,23H,14H2,1-2H3,(H,26,28). The molecule has 3 aromatic carbocycles. The van der Waals surface area contributed by atoms with E-state index in [9.17, 15) is 19.7 Å². The lowest BCUT2D eigenvalue weighted by molar-refractivity contribution is -0.385. The summed E-state index contributed by atoms with van der Waals surface area (Å²) in [6.07, 6.45) is 0. The second-order valence-corrected chi connectivity index (χ2v) is 7.48. The van der Waals surface area contributed by atoms with Gasteiger partial charge >= 0.3 is 5.97 Å². The minimum Gasteiger partial charge on any atom is -0.497 e. The van der Waals surface area contributed by atoms with Gasteiger partial charge in [0, 0.05) is 11.1 Å². The van der Waals surface area contributed by atoms with E-state index in [1.54, 1.807) is 62.8 Å². The Labute approximate surface area is 200 Å². The van der Waals surface area contributed by atoms with Gasteiger partial charge in [-0.3, -0.25) is 14.9 Å². The van der Waals surface area contributed by atoms with Gasteiger partial charge in [0.25, 0.3) is 11.6 Å². The number of benzene rings is 3. The Bertz CT molecular complexity index is 1130. The molecule has 0 aliphatic rings. The first kappa shape index (κ1) is 24.5. The van der Waals surface area contributed by atoms with Gasteiger partial charge in [-0.2, -0.15) is 0 Å². The van der Waals surface area contributed by atoms with Crippen molar-refractivity contribution >= 4 is 29.2 Å². The Morgan fingerprint density at radius 2 is 1.47 bits per heavy atom. The zero-order valence-electron chi connectivity index (χ0n) is 18.3. The summed E-state index contributed by atoms with van der Waals surface area (Å²) in [5, 5.41) is 14.1. The number of hydrogen-bond acceptors (Lipinski definition) is 7. The van der Waals surface area contributed by atoms with Gasteiger partial charge in [0.2, 0.25) is 0 Å². The van der Waals surface area contributed by atoms with Crippen molar-refractivity contribution in [3.63, 3.8) is 0 Å². The fourth-order valence-corrected chi connectivity index (χ4v) is 3.37. The van der Waals surface area contributed by atoms with Crippen LogP contribution in [-0.2, 0) is 9.53 Å². The number of esters is 1. The van der Waals surface area contributed by atoms with Crippen LogP contribution in [0.4, 0.5) is 5.69 Å². The molecule has 10 heteroatoms. The number of hydrogen-bond donors (Lipinski definition) is 1. The third-order valence-electron chi connectivity index (χ3n) is 4.91. The van der Waals surface area contributed by atoms with Crippen LogP contribution in [0.15, 0.2) is 66.7 Å². The molecule has 0 radical (unpaired) electrons. The second-order valence-electron chi connectivity index (χ2n) is 7.04. The summed E-state index contributed by atoms with van der Waals surface area (Å²) in [6.45, 7) is -0.648. The minimum atomic E-state index is -1.03. The molecule has 1 amide bonds. The van der Waals surface area contributed by atoms with Gasteiger partial charge < -0.3 is 19.5 Å². The van der Waals surface area contributed by atoms with Gasteiger partial charge in [-0.25, -0.2) is 4.79 Å². The molecular formula is C24H21ClN2O7. The number of carbonyl (C=O) groups excluding carboxylic acids is 2. The fraction of sp³-hybridized carbons (Fsp3) is 0.167. The van der Waals surface area contributed by atoms with Crippen LogP contribution in [0.3, 0.4) is 0 Å². The second kappa shape index (κ2) is 11.2. The van der Waals surface area contributed by atoms with E-state index in [4.69, 9.17) is 25.8 Å². The summed E-state index contributed by atoms with van der Waals surface area (Å²) < 4.78 is 15.4. The molecule has 176 valence electrons. The lowest BCUT2D eigenvalue weighted by Gasteiger charge is -2.20. The molecule has 1 N–H and O–H groups in total. The molecule has 0 heterocycles. The van der Waals surface area contributed by atoms with Gasteiger partial charge in [0.15, 0.2) is 6.61 Å². The number of ether oxygens (including phenoxy) is 3. The normalized spacial score (nSPS) is 10.5. The van der Waals surface area contributed by atoms with Crippen LogP contribution < -0.4 is 14.8 Å². The highest BCUT2D eigenvalue weighted by atomic mass is 35.5. The highest BCUT2D eigenvalue weighted by molar-refractivity contribution is 6.31. The average Bonchev–Trinajstić information content (AvgIpc) is 2.85. The maximum absolute atomic E-state index is 12.7. The molecule has 0 atom stereocenters. The predicted molar refractivity (Wildman–Crippen MR) is 124 cm³/mol. The zero-order valence-corrected chi connectivity index (χ0v) is 19.1. The molecule has 0 spiro atoms. The van der Waals surface area contributed by atoms with Gasteiger partial charge in [-0.15, -0.1) is 0 Å². The first-order valence-electron chi connectivity index (χ1n) is 10.0. The van der Waals surface area contributed by atoms with Gasteiger partial charge in [0.1, 0.15) is 17.1 Å². The van der Waals surface area contributed by atoms with E-state index in [-0.39, 0.29) is 10.6 Å². The Balaban J connectivity index is 1.77. The predicted octanol–water partition coefficient (Wildman–Crippen LogP) is 4.33. The maximum atomic E-state index is 12.7. The van der Waals surface area contributed by atoms with Crippen molar-refractivity contribution in [1.29, 1.82) is 0 Å². The summed E-state index contributed by atoms with van der Waals surface area (Å²) >= 11 is 5.85. The molecular weight excluding hydrogens is 464 g/mol. The van der Waals surface area contributed by atoms with Crippen LogP contribution in [0, 0.1) is 10.1 Å². The number of nitrogens with zero attached hydrogens (tertiary/aromatic N) is 1. The Morgan fingerprint density at radius 3 is 1.94 bits per heavy atom. The van der Waals surface area contributed by atoms with Crippen LogP contribution in [0.25, 0.3) is 0 Å². The number of nitrogens with one attached hydrogen (secondary N) is 1. The lowest BCUT2D eigenvalue weighted by atomic mass is 9.98. The highest BCUT2D eigenvalue weighted by Gasteiger charge is 2.24. The first-order chi connectivity index (χ1) is 16.3. The maximum Gasteiger partial charge on any atom is 0.345 e. The van der Waals surface area contributed by atoms with Gasteiger partial charge in [-0.05, 0) is 47.5 Å². The summed E-state index contributed by atoms with van der Waals surface area (Å²) in [6, 6.07) is 17.2. The molecule has 0 fully saturated rings. The van der Waals surface area contributed by atoms with E-state index in [2.05, 4.69) is 5.32 Å². The SMILES string of the molecule is COc1ccc(C(NC(=O)COC(=O)c2cc(Cl)ccc2[N+](=O)[O-])c2ccc(OC)cc2)cc1. The molecule has 0 saturated carbocycles. The van der Waals surface area contributed by atoms with E-state index in [1.165, 1.54) is 6.07 Å². The topological polar surface area (TPSA) is 117 Å². The van der Waals surface area contributed by atoms with Gasteiger partial charge in [-0.1, -0.05) is 35.9 Å². The largest absolute Gasteiger partial charge is 0.497 e. The van der Waals surface area contributed by atoms with Crippen LogP contribution in [-0.4, -0.2) is 37.6 Å².